The fourth-order valence-electron chi connectivity index (χ4n) is 1.88. The van der Waals surface area contributed by atoms with Crippen LogP contribution < -0.4 is 11.1 Å². The summed E-state index contributed by atoms with van der Waals surface area (Å²) in [6, 6.07) is 2.75. The Morgan fingerprint density at radius 2 is 2.27 bits per heavy atom. The highest BCUT2D eigenvalue weighted by Gasteiger charge is 2.41. The van der Waals surface area contributed by atoms with Crippen molar-refractivity contribution in [3.8, 4) is 0 Å². The second kappa shape index (κ2) is 6.12. The average Bonchev–Trinajstić information content (AvgIpc) is 3.15. The Morgan fingerprint density at radius 3 is 2.91 bits per heavy atom. The van der Waals surface area contributed by atoms with Crippen molar-refractivity contribution in [2.45, 2.75) is 25.4 Å². The van der Waals surface area contributed by atoms with Crippen molar-refractivity contribution in [3.05, 3.63) is 31.7 Å². The quantitative estimate of drug-likeness (QED) is 0.590. The van der Waals surface area contributed by atoms with Crippen LogP contribution >= 0.6 is 50.1 Å². The Balaban J connectivity index is 1.94. The van der Waals surface area contributed by atoms with Crippen molar-refractivity contribution >= 4 is 65.4 Å². The van der Waals surface area contributed by atoms with E-state index in [1.54, 1.807) is 11.3 Å². The van der Waals surface area contributed by atoms with Gasteiger partial charge in [0.1, 0.15) is 10.5 Å². The Labute approximate surface area is 146 Å². The third kappa shape index (κ3) is 2.80. The minimum absolute atomic E-state index is 0.0630. The minimum atomic E-state index is -3.08. The van der Waals surface area contributed by atoms with Crippen LogP contribution in [0.15, 0.2) is 22.0 Å². The van der Waals surface area contributed by atoms with Gasteiger partial charge in [-0.15, -0.1) is 22.7 Å². The number of nitrogens with one attached hydrogen (secondary N) is 1. The van der Waals surface area contributed by atoms with E-state index in [9.17, 15) is 8.78 Å². The standard InChI is InChI=1S/C13H12BrF2N3S3/c1-6(17)13(15,16)11-8(14)9-10(21-11)12(22-19-9)18-5-7-3-2-4-20-7/h2-4,6,18H,5,17H2,1H3. The van der Waals surface area contributed by atoms with Crippen LogP contribution in [-0.2, 0) is 12.5 Å². The Bertz CT molecular complexity index is 780. The highest BCUT2D eigenvalue weighted by atomic mass is 79.9. The zero-order chi connectivity index (χ0) is 15.9. The van der Waals surface area contributed by atoms with E-state index in [4.69, 9.17) is 5.73 Å². The molecule has 3 N–H and O–H groups in total. The summed E-state index contributed by atoms with van der Waals surface area (Å²) in [7, 11) is 0. The van der Waals surface area contributed by atoms with Gasteiger partial charge < -0.3 is 11.1 Å². The lowest BCUT2D eigenvalue weighted by Crippen LogP contribution is -2.35. The first-order chi connectivity index (χ1) is 10.4. The summed E-state index contributed by atoms with van der Waals surface area (Å²) in [6.45, 7) is 1.96. The summed E-state index contributed by atoms with van der Waals surface area (Å²) in [5.41, 5.74) is 5.99. The summed E-state index contributed by atoms with van der Waals surface area (Å²) in [4.78, 5) is 1.12. The zero-order valence-corrected chi connectivity index (χ0v) is 15.4. The van der Waals surface area contributed by atoms with Crippen LogP contribution in [0.25, 0.3) is 10.2 Å². The van der Waals surface area contributed by atoms with E-state index in [0.29, 0.717) is 16.5 Å². The molecule has 9 heteroatoms. The molecule has 0 saturated carbocycles. The summed E-state index contributed by atoms with van der Waals surface area (Å²) >= 11 is 7.22. The van der Waals surface area contributed by atoms with E-state index in [-0.39, 0.29) is 4.88 Å². The molecule has 0 saturated heterocycles. The second-order valence-corrected chi connectivity index (χ2v) is 8.40. The lowest BCUT2D eigenvalue weighted by atomic mass is 10.1. The number of hydrogen-bond acceptors (Lipinski definition) is 6. The van der Waals surface area contributed by atoms with Gasteiger partial charge in [-0.05, 0) is 45.8 Å². The highest BCUT2D eigenvalue weighted by Crippen LogP contribution is 2.48. The highest BCUT2D eigenvalue weighted by molar-refractivity contribution is 9.10. The van der Waals surface area contributed by atoms with Gasteiger partial charge in [0.05, 0.1) is 26.6 Å². The third-order valence-corrected chi connectivity index (χ3v) is 7.27. The van der Waals surface area contributed by atoms with E-state index in [1.807, 2.05) is 17.5 Å². The maximum Gasteiger partial charge on any atom is 0.297 e. The van der Waals surface area contributed by atoms with E-state index in [2.05, 4.69) is 25.6 Å². The number of nitrogens with two attached hydrogens (primary N) is 1. The number of alkyl halides is 2. The van der Waals surface area contributed by atoms with Crippen LogP contribution in [0.4, 0.5) is 13.8 Å². The van der Waals surface area contributed by atoms with Crippen molar-refractivity contribution < 1.29 is 8.78 Å². The van der Waals surface area contributed by atoms with Gasteiger partial charge >= 0.3 is 0 Å². The van der Waals surface area contributed by atoms with E-state index in [1.165, 1.54) is 23.3 Å². The molecule has 1 atom stereocenters. The lowest BCUT2D eigenvalue weighted by Gasteiger charge is -2.19. The maximum absolute atomic E-state index is 14.2. The summed E-state index contributed by atoms with van der Waals surface area (Å²) < 4.78 is 33.8. The summed E-state index contributed by atoms with van der Waals surface area (Å²) in [5.74, 6) is -3.08. The SMILES string of the molecule is CC(N)C(F)(F)c1sc2c(NCc3cccs3)snc2c1Br. The van der Waals surface area contributed by atoms with Crippen LogP contribution in [0.3, 0.4) is 0 Å². The molecule has 0 fully saturated rings. The molecule has 0 radical (unpaired) electrons. The molecule has 0 amide bonds. The van der Waals surface area contributed by atoms with Gasteiger partial charge in [-0.3, -0.25) is 0 Å². The number of halogens is 3. The number of anilines is 1. The first-order valence-corrected chi connectivity index (χ1v) is 9.65. The molecule has 0 aliphatic rings. The fraction of sp³-hybridized carbons (Fsp3) is 0.308. The molecule has 118 valence electrons. The molecule has 0 aliphatic heterocycles. The van der Waals surface area contributed by atoms with Crippen LogP contribution in [0.5, 0.6) is 0 Å². The van der Waals surface area contributed by atoms with E-state index >= 15 is 0 Å². The molecule has 22 heavy (non-hydrogen) atoms. The number of hydrogen-bond donors (Lipinski definition) is 2. The van der Waals surface area contributed by atoms with Gasteiger partial charge in [-0.25, -0.2) is 0 Å². The molecule has 0 aromatic carbocycles. The molecule has 3 aromatic rings. The predicted octanol–water partition coefficient (Wildman–Crippen LogP) is 5.23. The van der Waals surface area contributed by atoms with Crippen molar-refractivity contribution in [2.24, 2.45) is 5.73 Å². The second-order valence-electron chi connectivity index (χ2n) is 4.78. The monoisotopic (exact) mass is 423 g/mol. The number of thiophene rings is 2. The molecule has 0 bridgehead atoms. The van der Waals surface area contributed by atoms with Gasteiger partial charge in [-0.1, -0.05) is 6.07 Å². The topological polar surface area (TPSA) is 50.9 Å². The molecule has 3 aromatic heterocycles. The Kier molecular flexibility index (Phi) is 4.52. The van der Waals surface area contributed by atoms with Gasteiger partial charge in [0.15, 0.2) is 0 Å². The first kappa shape index (κ1) is 16.3. The van der Waals surface area contributed by atoms with Crippen LogP contribution in [-0.4, -0.2) is 10.4 Å². The van der Waals surface area contributed by atoms with Gasteiger partial charge in [0.25, 0.3) is 5.92 Å². The molecule has 0 spiro atoms. The Hall–Kier alpha value is -0.610. The summed E-state index contributed by atoms with van der Waals surface area (Å²) in [5, 5.41) is 6.08. The molecule has 3 rings (SSSR count). The first-order valence-electron chi connectivity index (χ1n) is 6.39. The molecule has 3 heterocycles. The third-order valence-electron chi connectivity index (χ3n) is 3.14. The maximum atomic E-state index is 14.2. The molecule has 1 unspecified atom stereocenters. The number of aromatic nitrogens is 1. The van der Waals surface area contributed by atoms with E-state index in [0.717, 1.165) is 21.0 Å². The van der Waals surface area contributed by atoms with E-state index < -0.39 is 12.0 Å². The lowest BCUT2D eigenvalue weighted by molar-refractivity contribution is -0.0224. The number of nitrogens with zero attached hydrogens (tertiary/aromatic N) is 1. The Morgan fingerprint density at radius 1 is 1.50 bits per heavy atom. The molecular weight excluding hydrogens is 412 g/mol. The zero-order valence-electron chi connectivity index (χ0n) is 11.4. The predicted molar refractivity (Wildman–Crippen MR) is 94.4 cm³/mol. The van der Waals surface area contributed by atoms with Crippen molar-refractivity contribution in [1.82, 2.24) is 4.37 Å². The number of fused-ring (bicyclic) bond motifs is 1. The average molecular weight is 424 g/mol. The van der Waals surface area contributed by atoms with Gasteiger partial charge in [0, 0.05) is 4.88 Å². The van der Waals surface area contributed by atoms with Crippen LogP contribution in [0.2, 0.25) is 0 Å². The van der Waals surface area contributed by atoms with Crippen LogP contribution in [0.1, 0.15) is 16.7 Å². The smallest absolute Gasteiger partial charge is 0.297 e. The summed E-state index contributed by atoms with van der Waals surface area (Å²) in [6.07, 6.45) is 0. The normalized spacial score (nSPS) is 13.7. The van der Waals surface area contributed by atoms with Crippen molar-refractivity contribution in [2.75, 3.05) is 5.32 Å². The van der Waals surface area contributed by atoms with Gasteiger partial charge in [-0.2, -0.15) is 13.2 Å². The number of rotatable bonds is 5. The van der Waals surface area contributed by atoms with Crippen LogP contribution in [0, 0.1) is 0 Å². The largest absolute Gasteiger partial charge is 0.370 e. The molecule has 0 aliphatic carbocycles. The van der Waals surface area contributed by atoms with Crippen molar-refractivity contribution in [3.63, 3.8) is 0 Å². The van der Waals surface area contributed by atoms with Crippen molar-refractivity contribution in [1.29, 1.82) is 0 Å². The minimum Gasteiger partial charge on any atom is -0.370 e. The molecular formula is C13H12BrF2N3S3. The molecule has 3 nitrogen and oxygen atoms in total. The fourth-order valence-corrected chi connectivity index (χ4v) is 5.67. The van der Waals surface area contributed by atoms with Gasteiger partial charge in [0.2, 0.25) is 0 Å².